The van der Waals surface area contributed by atoms with Crippen molar-refractivity contribution in [3.63, 3.8) is 0 Å². The molecular formula is C21H41O4PS2. The Labute approximate surface area is 183 Å². The Balaban J connectivity index is 1.77. The standard InChI is InChI=1S/C21H41O4PS2/c1-2-3-4-5-6-7-8-9-10-11-12-13-14-15-16-17-21(22)23-18-20-19-24-26(27,28)25-20/h20H,2-19H2,1H3,(H,27,28). The van der Waals surface area contributed by atoms with Gasteiger partial charge in [-0.2, -0.15) is 0 Å². The summed E-state index contributed by atoms with van der Waals surface area (Å²) in [5, 5.41) is 0. The molecule has 1 aliphatic rings. The van der Waals surface area contributed by atoms with Crippen molar-refractivity contribution < 1.29 is 18.6 Å². The molecular weight excluding hydrogens is 411 g/mol. The zero-order valence-corrected chi connectivity index (χ0v) is 20.3. The maximum atomic E-state index is 11.7. The van der Waals surface area contributed by atoms with E-state index < -0.39 is 5.69 Å². The van der Waals surface area contributed by atoms with Crippen molar-refractivity contribution in [2.24, 2.45) is 0 Å². The molecule has 1 heterocycles. The number of hydrogen-bond acceptors (Lipinski definition) is 5. The molecule has 0 aromatic rings. The predicted molar refractivity (Wildman–Crippen MR) is 125 cm³/mol. The van der Waals surface area contributed by atoms with Crippen LogP contribution in [0, 0.1) is 0 Å². The number of hydrogen-bond donors (Lipinski definition) is 1. The number of esters is 1. The first-order valence-electron chi connectivity index (χ1n) is 11.3. The lowest BCUT2D eigenvalue weighted by molar-refractivity contribution is -0.145. The minimum Gasteiger partial charge on any atom is -0.463 e. The maximum absolute atomic E-state index is 11.7. The fraction of sp³-hybridized carbons (Fsp3) is 0.952. The molecule has 0 amide bonds. The van der Waals surface area contributed by atoms with Gasteiger partial charge in [-0.3, -0.25) is 4.79 Å². The van der Waals surface area contributed by atoms with E-state index in [0.717, 1.165) is 12.8 Å². The van der Waals surface area contributed by atoms with E-state index in [2.05, 4.69) is 19.2 Å². The highest BCUT2D eigenvalue weighted by atomic mass is 32.9. The normalized spacial score (nSPS) is 21.9. The van der Waals surface area contributed by atoms with Crippen LogP contribution in [0.5, 0.6) is 0 Å². The fourth-order valence-electron chi connectivity index (χ4n) is 3.40. The smallest absolute Gasteiger partial charge is 0.305 e. The average Bonchev–Trinajstić information content (AvgIpc) is 3.02. The average molecular weight is 453 g/mol. The molecule has 7 heteroatoms. The van der Waals surface area contributed by atoms with Crippen molar-refractivity contribution in [1.82, 2.24) is 0 Å². The van der Waals surface area contributed by atoms with Crippen molar-refractivity contribution in [1.29, 1.82) is 0 Å². The summed E-state index contributed by atoms with van der Waals surface area (Å²) in [5.74, 6) is -0.155. The summed E-state index contributed by atoms with van der Waals surface area (Å²) < 4.78 is 15.9. The molecule has 28 heavy (non-hydrogen) atoms. The Morgan fingerprint density at radius 2 is 1.39 bits per heavy atom. The van der Waals surface area contributed by atoms with Crippen LogP contribution in [-0.2, 0) is 30.4 Å². The van der Waals surface area contributed by atoms with E-state index in [-0.39, 0.29) is 18.7 Å². The van der Waals surface area contributed by atoms with Gasteiger partial charge in [0.05, 0.1) is 6.61 Å². The Hall–Kier alpha value is 0.390. The van der Waals surface area contributed by atoms with Gasteiger partial charge in [-0.05, 0) is 18.2 Å². The molecule has 2 atom stereocenters. The van der Waals surface area contributed by atoms with Crippen molar-refractivity contribution >= 4 is 35.7 Å². The van der Waals surface area contributed by atoms with E-state index in [1.54, 1.807) is 0 Å². The Bertz CT molecular complexity index is 448. The van der Waals surface area contributed by atoms with Crippen molar-refractivity contribution in [3.8, 4) is 0 Å². The van der Waals surface area contributed by atoms with Crippen LogP contribution < -0.4 is 0 Å². The summed E-state index contributed by atoms with van der Waals surface area (Å²) in [6, 6.07) is 0. The Morgan fingerprint density at radius 3 is 1.82 bits per heavy atom. The van der Waals surface area contributed by atoms with Gasteiger partial charge in [0, 0.05) is 6.42 Å². The largest absolute Gasteiger partial charge is 0.463 e. The van der Waals surface area contributed by atoms with Crippen molar-refractivity contribution in [2.45, 2.75) is 116 Å². The third-order valence-corrected chi connectivity index (χ3v) is 7.36. The fourth-order valence-corrected chi connectivity index (χ4v) is 5.47. The number of rotatable bonds is 18. The molecule has 0 aromatic carbocycles. The minimum absolute atomic E-state index is 0.155. The molecule has 4 nitrogen and oxygen atoms in total. The number of carbonyl (C=O) groups excluding carboxylic acids is 1. The molecule has 0 saturated carbocycles. The monoisotopic (exact) mass is 452 g/mol. The second-order valence-corrected chi connectivity index (χ2v) is 13.1. The number of unbranched alkanes of at least 4 members (excludes halogenated alkanes) is 14. The highest BCUT2D eigenvalue weighted by Gasteiger charge is 2.30. The van der Waals surface area contributed by atoms with E-state index in [4.69, 9.17) is 25.6 Å². The highest BCUT2D eigenvalue weighted by Crippen LogP contribution is 2.58. The van der Waals surface area contributed by atoms with Gasteiger partial charge in [-0.25, -0.2) is 0 Å². The lowest BCUT2D eigenvalue weighted by atomic mass is 10.0. The van der Waals surface area contributed by atoms with Gasteiger partial charge >= 0.3 is 5.97 Å². The van der Waals surface area contributed by atoms with Crippen LogP contribution in [0.4, 0.5) is 0 Å². The molecule has 1 rings (SSSR count). The molecule has 166 valence electrons. The molecule has 0 aliphatic carbocycles. The number of ether oxygens (including phenoxy) is 1. The van der Waals surface area contributed by atoms with E-state index in [1.807, 2.05) is 0 Å². The third-order valence-electron chi connectivity index (χ3n) is 5.12. The molecule has 2 unspecified atom stereocenters. The molecule has 0 bridgehead atoms. The number of thiol groups is 1. The third kappa shape index (κ3) is 15.3. The van der Waals surface area contributed by atoms with Gasteiger partial charge in [-0.1, -0.05) is 109 Å². The summed E-state index contributed by atoms with van der Waals surface area (Å²) in [4.78, 5) is 11.7. The van der Waals surface area contributed by atoms with Gasteiger partial charge in [0.2, 0.25) is 5.69 Å². The molecule has 0 spiro atoms. The first kappa shape index (κ1) is 26.4. The van der Waals surface area contributed by atoms with Crippen molar-refractivity contribution in [3.05, 3.63) is 0 Å². The highest BCUT2D eigenvalue weighted by molar-refractivity contribution is 8.60. The van der Waals surface area contributed by atoms with Crippen molar-refractivity contribution in [2.75, 3.05) is 13.2 Å². The van der Waals surface area contributed by atoms with Crippen LogP contribution in [0.2, 0.25) is 0 Å². The van der Waals surface area contributed by atoms with Crippen LogP contribution in [-0.4, -0.2) is 25.3 Å². The first-order chi connectivity index (χ1) is 13.5. The molecule has 0 aromatic heterocycles. The zero-order chi connectivity index (χ0) is 20.5. The van der Waals surface area contributed by atoms with Gasteiger partial charge < -0.3 is 13.8 Å². The SMILES string of the molecule is CCCCCCCCCCCCCCCCCC(=O)OCC1COP(=S)(S)O1. The molecule has 1 saturated heterocycles. The zero-order valence-electron chi connectivity index (χ0n) is 17.7. The molecule has 1 aliphatic heterocycles. The topological polar surface area (TPSA) is 44.8 Å². The summed E-state index contributed by atoms with van der Waals surface area (Å²) in [6.07, 6.45) is 20.1. The first-order valence-corrected chi connectivity index (χ1v) is 15.1. The van der Waals surface area contributed by atoms with Crippen LogP contribution in [0.25, 0.3) is 0 Å². The quantitative estimate of drug-likeness (QED) is 0.102. The summed E-state index contributed by atoms with van der Waals surface area (Å²) in [6.45, 7) is 2.86. The van der Waals surface area contributed by atoms with E-state index in [1.165, 1.54) is 83.5 Å². The van der Waals surface area contributed by atoms with E-state index in [9.17, 15) is 4.79 Å². The van der Waals surface area contributed by atoms with Crippen LogP contribution in [0.15, 0.2) is 0 Å². The maximum Gasteiger partial charge on any atom is 0.305 e. The Morgan fingerprint density at radius 1 is 0.929 bits per heavy atom. The second-order valence-electron chi connectivity index (χ2n) is 7.87. The lowest BCUT2D eigenvalue weighted by Gasteiger charge is -2.10. The molecule has 1 fully saturated rings. The number of carbonyl (C=O) groups is 1. The second kappa shape index (κ2) is 17.1. The van der Waals surface area contributed by atoms with Gasteiger partial charge in [-0.15, -0.1) is 0 Å². The molecule has 0 radical (unpaired) electrons. The van der Waals surface area contributed by atoms with Gasteiger partial charge in [0.15, 0.2) is 0 Å². The summed E-state index contributed by atoms with van der Waals surface area (Å²) >= 11 is 9.16. The molecule has 0 N–H and O–H groups in total. The van der Waals surface area contributed by atoms with Crippen LogP contribution >= 0.6 is 17.9 Å². The minimum atomic E-state index is -2.38. The lowest BCUT2D eigenvalue weighted by Crippen LogP contribution is -2.20. The summed E-state index contributed by atoms with van der Waals surface area (Å²) in [5.41, 5.74) is -2.38. The van der Waals surface area contributed by atoms with E-state index in [0.29, 0.717) is 13.0 Å². The van der Waals surface area contributed by atoms with Crippen LogP contribution in [0.1, 0.15) is 110 Å². The van der Waals surface area contributed by atoms with E-state index >= 15 is 0 Å². The Kier molecular flexibility index (Phi) is 16.1. The van der Waals surface area contributed by atoms with Crippen LogP contribution in [0.3, 0.4) is 0 Å². The van der Waals surface area contributed by atoms with Gasteiger partial charge in [0.25, 0.3) is 0 Å². The summed E-state index contributed by atoms with van der Waals surface area (Å²) in [7, 11) is 0. The predicted octanol–water partition coefficient (Wildman–Crippen LogP) is 7.36. The van der Waals surface area contributed by atoms with Gasteiger partial charge in [0.1, 0.15) is 12.7 Å².